The van der Waals surface area contributed by atoms with E-state index in [0.717, 1.165) is 64.2 Å². The largest absolute Gasteiger partial charge is 0.579 e. The minimum absolute atomic E-state index is 0. The third kappa shape index (κ3) is 31.0. The average molecular weight is 2970 g/mol. The summed E-state index contributed by atoms with van der Waals surface area (Å²) >= 11 is 14.4. The summed E-state index contributed by atoms with van der Waals surface area (Å²) in [5, 5.41) is 55.3. The van der Waals surface area contributed by atoms with E-state index in [9.17, 15) is 28.8 Å². The minimum Gasteiger partial charge on any atom is -0.579 e. The molecule has 0 amide bonds. The van der Waals surface area contributed by atoms with Gasteiger partial charge < -0.3 is 82.9 Å². The van der Waals surface area contributed by atoms with E-state index in [1.54, 1.807) is 95.5 Å². The van der Waals surface area contributed by atoms with Crippen molar-refractivity contribution in [2.45, 2.75) is 39.6 Å². The molecule has 6 aromatic carbocycles. The SMILES string of the molecule is Cn1nnn(-c2cccc(I)c2COc2cc[n-]n2)c1=O.Cn1nnn(-c2cccc(I)c2COc2ccn[c-]n2)c1=O.Cn1nnn(-c2cccc(I)c2COc2cnc[c-]n2)c1=O.Cn1nnn(-c2cccc(I)c2COc2n[c-]co2)c1=O.Cn1nnn(-c2cccc(I)c2COc2n[c-]cs2)c1=O.Cn1nnn(-c2cccc(I)c2COc2n[c-]ncn2)c1=O.[Y].[Y].[Y].[Y].[Y].[Y]. The van der Waals surface area contributed by atoms with Crippen LogP contribution >= 0.6 is 147 Å². The van der Waals surface area contributed by atoms with Crippen LogP contribution in [0.25, 0.3) is 34.1 Å². The molecule has 0 unspecified atom stereocenters. The Morgan fingerprint density at radius 2 is 0.719 bits per heavy atom. The number of thiazole rings is 1. The topological polar surface area (TPSA) is 528 Å². The maximum absolute atomic E-state index is 12.0. The summed E-state index contributed by atoms with van der Waals surface area (Å²) in [6.07, 6.45) is 21.5. The number of ether oxygens (including phenoxy) is 6. The smallest absolute Gasteiger partial charge is 0.368 e. The zero-order valence-electron chi connectivity index (χ0n) is 70.4. The first kappa shape index (κ1) is 116. The van der Waals surface area contributed by atoms with Crippen LogP contribution in [0.1, 0.15) is 33.4 Å². The summed E-state index contributed by atoms with van der Waals surface area (Å²) in [5.74, 6) is 1.21. The molecule has 0 fully saturated rings. The Labute approximate surface area is 997 Å². The van der Waals surface area contributed by atoms with Gasteiger partial charge in [0.15, 0.2) is 11.9 Å². The molecule has 0 spiro atoms. The summed E-state index contributed by atoms with van der Waals surface area (Å²) in [7, 11) is 9.28. The maximum atomic E-state index is 12.0. The molecule has 6 radical (unpaired) electrons. The number of oxazole rings is 1. The van der Waals surface area contributed by atoms with Crippen LogP contribution < -0.4 is 67.7 Å². The van der Waals surface area contributed by atoms with Crippen LogP contribution in [0.2, 0.25) is 0 Å². The van der Waals surface area contributed by atoms with E-state index in [-0.39, 0.29) is 276 Å². The van der Waals surface area contributed by atoms with Crippen LogP contribution in [-0.4, -0.2) is 169 Å². The van der Waals surface area contributed by atoms with Crippen LogP contribution in [0.4, 0.5) is 0 Å². The van der Waals surface area contributed by atoms with Crippen LogP contribution in [0.3, 0.4) is 0 Å². The average Bonchev–Trinajstić information content (AvgIpc) is 1.68. The summed E-state index contributed by atoms with van der Waals surface area (Å²) in [4.78, 5) is 106. The standard InChI is InChI=1S/2C13H10IN6O2.C12H9IN7O2.C12H10IN6O2.C12H9IN5O3.C12H9IN5O2S.6Y/c1-19-13(21)20(18-17-19)11-4-2-3-10(14)9(11)8-22-12-7-15-5-6-16-12;1-19-13(21)20(18-17-19)11-4-2-3-10(14)9(11)7-22-12-5-6-15-8-16-12;1-19-12(21)20(18-17-19)10-4-2-3-9(13)8(10)5-22-11-15-6-14-7-16-11;1-18-12(20)19(17-16-18)10-4-2-3-9(13)8(10)7-21-11-5-6-14-15-11;1-17-12(19)18(16-15-17)10-4-2-3-9(13)8(10)7-21-11-14-5-6-20-11;1-17-12(19)18(16-15-17)10-4-2-3-9(13)8(10)7-20-11-14-5-6-21-11;;;;;;/h2-5,7H,8H2,1H3;2-6H,7H2,1H3;2-4,6H,5H2,1H3;2-6H,7H2,1H3;2*2-4,6H,7H2,1H3;;;;;;/q6*-1;;;;;;. The molecule has 0 bridgehead atoms. The van der Waals surface area contributed by atoms with Gasteiger partial charge in [-0.05, 0) is 289 Å². The van der Waals surface area contributed by atoms with Gasteiger partial charge >= 0.3 is 34.1 Å². The number of hydrogen-bond acceptors (Lipinski definition) is 36. The summed E-state index contributed by atoms with van der Waals surface area (Å²) in [5.41, 5.74) is 6.73. The number of aryl methyl sites for hydroxylation is 6. The molecule has 0 aliphatic carbocycles. The van der Waals surface area contributed by atoms with Gasteiger partial charge in [0.1, 0.15) is 30.9 Å². The summed E-state index contributed by atoms with van der Waals surface area (Å²) in [6, 6.07) is 36.8. The first-order chi connectivity index (χ1) is 62.5. The molecule has 0 aliphatic heterocycles. The zero-order chi connectivity index (χ0) is 91.0. The molecule has 12 heterocycles. The number of tetrazole rings is 6. The number of aromatic nitrogens is 35. The minimum atomic E-state index is -0.336. The molecular weight excluding hydrogens is 2910 g/mol. The van der Waals surface area contributed by atoms with E-state index in [1.165, 1.54) is 90.2 Å². The Balaban J connectivity index is 0.000000219. The van der Waals surface area contributed by atoms with Crippen LogP contribution in [-0.2, 0) is 278 Å². The first-order valence-electron chi connectivity index (χ1n) is 36.4. The van der Waals surface area contributed by atoms with Crippen LogP contribution in [0.15, 0.2) is 197 Å². The van der Waals surface area contributed by atoms with Gasteiger partial charge in [-0.15, -0.1) is 18.6 Å². The molecule has 678 valence electrons. The van der Waals surface area contributed by atoms with Gasteiger partial charge in [0.05, 0.1) is 59.8 Å². The Morgan fingerprint density at radius 3 is 1.01 bits per heavy atom. The zero-order valence-corrected chi connectivity index (χ0v) is 101. The maximum Gasteiger partial charge on any atom is 0.368 e. The van der Waals surface area contributed by atoms with Crippen molar-refractivity contribution in [2.75, 3.05) is 0 Å². The summed E-state index contributed by atoms with van der Waals surface area (Å²) in [6.45, 7) is 1.38. The van der Waals surface area contributed by atoms with E-state index >= 15 is 0 Å². The van der Waals surface area contributed by atoms with Gasteiger partial charge in [-0.2, -0.15) is 62.4 Å². The van der Waals surface area contributed by atoms with Crippen molar-refractivity contribution in [1.82, 2.24) is 174 Å². The van der Waals surface area contributed by atoms with Crippen molar-refractivity contribution in [3.63, 3.8) is 0 Å². The Morgan fingerprint density at radius 1 is 0.363 bits per heavy atom. The summed E-state index contributed by atoms with van der Waals surface area (Å²) < 4.78 is 58.5. The van der Waals surface area contributed by atoms with E-state index in [1.807, 2.05) is 78.9 Å². The molecule has 0 N–H and O–H groups in total. The quantitative estimate of drug-likeness (QED) is 0.0595. The number of hydrogen-bond donors (Lipinski definition) is 0. The second kappa shape index (κ2) is 57.5. The third-order valence-electron chi connectivity index (χ3n) is 17.0. The molecule has 12 aromatic heterocycles. The third-order valence-corrected chi connectivity index (χ3v) is 23.7. The van der Waals surface area contributed by atoms with E-state index < -0.39 is 0 Å². The number of nitrogens with zero attached hydrogens (tertiary/aromatic N) is 35. The Bertz CT molecular complexity index is 6520. The first-order valence-corrected chi connectivity index (χ1v) is 43.7. The molecule has 135 heavy (non-hydrogen) atoms. The number of halogens is 6. The normalized spacial score (nSPS) is 10.2. The fourth-order valence-electron chi connectivity index (χ4n) is 10.7. The second-order valence-corrected chi connectivity index (χ2v) is 32.9. The van der Waals surface area contributed by atoms with Crippen molar-refractivity contribution >= 4 is 147 Å². The monoisotopic (exact) mass is 2970 g/mol. The van der Waals surface area contributed by atoms with Crippen molar-refractivity contribution in [1.29, 1.82) is 0 Å². The van der Waals surface area contributed by atoms with E-state index in [4.69, 9.17) is 32.8 Å². The fraction of sp³-hybridized carbons (Fsp3) is 0.162. The van der Waals surface area contributed by atoms with E-state index in [0.29, 0.717) is 63.6 Å². The number of rotatable bonds is 24. The molecule has 0 saturated heterocycles. The van der Waals surface area contributed by atoms with Crippen molar-refractivity contribution in [3.8, 4) is 69.0 Å². The van der Waals surface area contributed by atoms with Crippen LogP contribution in [0, 0.1) is 52.7 Å². The Kier molecular flexibility index (Phi) is 49.2. The van der Waals surface area contributed by atoms with Gasteiger partial charge in [0.2, 0.25) is 6.08 Å². The predicted molar refractivity (Wildman–Crippen MR) is 496 cm³/mol. The van der Waals surface area contributed by atoms with Gasteiger partial charge in [0, 0.05) is 319 Å². The molecule has 0 saturated carbocycles. The van der Waals surface area contributed by atoms with Crippen molar-refractivity contribution in [3.05, 3.63) is 313 Å². The number of benzene rings is 6. The molecule has 0 atom stereocenters. The van der Waals surface area contributed by atoms with Gasteiger partial charge in [-0.25, -0.2) is 40.1 Å². The van der Waals surface area contributed by atoms with Crippen molar-refractivity contribution in [2.24, 2.45) is 42.3 Å². The van der Waals surface area contributed by atoms with Gasteiger partial charge in [-0.1, -0.05) is 54.0 Å². The second-order valence-electron chi connectivity index (χ2n) is 25.1. The van der Waals surface area contributed by atoms with Gasteiger partial charge in [0.25, 0.3) is 0 Å². The van der Waals surface area contributed by atoms with Gasteiger partial charge in [-0.3, -0.25) is 4.98 Å². The molecule has 18 aromatic rings. The molecular formula is C74H57I6N35O13SY6-6. The molecule has 61 heteroatoms. The van der Waals surface area contributed by atoms with Crippen LogP contribution in [0.5, 0.6) is 34.9 Å². The van der Waals surface area contributed by atoms with E-state index in [2.05, 4.69) is 284 Å². The Hall–Kier alpha value is -6.44. The predicted octanol–water partition coefficient (Wildman–Crippen LogP) is 4.45. The van der Waals surface area contributed by atoms with Crippen molar-refractivity contribution < 1.29 is 229 Å². The molecule has 48 nitrogen and oxygen atoms in total. The fourth-order valence-corrected chi connectivity index (χ4v) is 15.0. The molecule has 18 rings (SSSR count). The molecule has 0 aliphatic rings.